The molecule has 2 aliphatic rings. The van der Waals surface area contributed by atoms with Crippen LogP contribution in [0.15, 0.2) is 10.7 Å². The fourth-order valence-electron chi connectivity index (χ4n) is 2.24. The fraction of sp³-hybridized carbons (Fsp3) is 0.667. The first-order valence-electron chi connectivity index (χ1n) is 4.67. The molecule has 1 aromatic rings. The molecule has 0 radical (unpaired) electrons. The van der Waals surface area contributed by atoms with Crippen molar-refractivity contribution in [1.82, 2.24) is 9.78 Å². The van der Waals surface area contributed by atoms with Crippen molar-refractivity contribution in [3.8, 4) is 0 Å². The molecule has 5 heteroatoms. The summed E-state index contributed by atoms with van der Waals surface area (Å²) < 4.78 is 8.87. The van der Waals surface area contributed by atoms with Gasteiger partial charge >= 0.3 is 0 Å². The summed E-state index contributed by atoms with van der Waals surface area (Å²) in [6.45, 7) is 0. The van der Waals surface area contributed by atoms with Crippen LogP contribution in [0.2, 0.25) is 0 Å². The predicted molar refractivity (Wildman–Crippen MR) is 59.4 cm³/mol. The Morgan fingerprint density at radius 2 is 2.64 bits per heavy atom. The minimum atomic E-state index is -0.0185. The van der Waals surface area contributed by atoms with Gasteiger partial charge in [-0.05, 0) is 28.1 Å². The molecule has 0 spiro atoms. The number of epoxide rings is 1. The van der Waals surface area contributed by atoms with E-state index in [0.29, 0.717) is 6.10 Å². The largest absolute Gasteiger partial charge is 0.358 e. The van der Waals surface area contributed by atoms with E-state index < -0.39 is 0 Å². The lowest BCUT2D eigenvalue weighted by molar-refractivity contribution is 0.283. The number of fused-ring (bicyclic) bond motifs is 1. The molecule has 0 bridgehead atoms. The summed E-state index contributed by atoms with van der Waals surface area (Å²) in [7, 11) is 1.98. The average Bonchev–Trinajstić information content (AvgIpc) is 2.81. The number of aryl methyl sites for hydroxylation is 1. The second-order valence-electron chi connectivity index (χ2n) is 3.79. The van der Waals surface area contributed by atoms with Gasteiger partial charge < -0.3 is 4.74 Å². The van der Waals surface area contributed by atoms with Gasteiger partial charge in [-0.15, -0.1) is 0 Å². The van der Waals surface area contributed by atoms with Gasteiger partial charge in [0.05, 0.1) is 16.4 Å². The Balaban J connectivity index is 2.03. The predicted octanol–water partition coefficient (Wildman–Crippen LogP) is 1.91. The summed E-state index contributed by atoms with van der Waals surface area (Å²) in [5.74, 6) is 2.31. The number of thioether (sulfide) groups is 1. The normalized spacial score (nSPS) is 35.4. The molecule has 0 N–H and O–H groups in total. The molecule has 0 amide bonds. The van der Waals surface area contributed by atoms with Gasteiger partial charge in [0.2, 0.25) is 0 Å². The first-order valence-corrected chi connectivity index (χ1v) is 6.62. The monoisotopic (exact) mass is 274 g/mol. The van der Waals surface area contributed by atoms with E-state index in [2.05, 4.69) is 21.0 Å². The van der Waals surface area contributed by atoms with Crippen molar-refractivity contribution in [2.24, 2.45) is 7.05 Å². The Morgan fingerprint density at radius 3 is 3.29 bits per heavy atom. The summed E-state index contributed by atoms with van der Waals surface area (Å²) in [6, 6.07) is 0. The highest BCUT2D eigenvalue weighted by atomic mass is 79.9. The van der Waals surface area contributed by atoms with Crippen LogP contribution in [0, 0.1) is 0 Å². The number of aromatic nitrogens is 2. The summed E-state index contributed by atoms with van der Waals surface area (Å²) >= 11 is 5.53. The summed E-state index contributed by atoms with van der Waals surface area (Å²) in [6.07, 6.45) is 3.37. The lowest BCUT2D eigenvalue weighted by Gasteiger charge is -2.17. The molecule has 14 heavy (non-hydrogen) atoms. The molecule has 3 heterocycles. The Labute approximate surface area is 95.3 Å². The Kier molecular flexibility index (Phi) is 1.98. The van der Waals surface area contributed by atoms with Crippen molar-refractivity contribution in [2.75, 3.05) is 11.5 Å². The number of nitrogens with zero attached hydrogens (tertiary/aromatic N) is 2. The van der Waals surface area contributed by atoms with E-state index in [9.17, 15) is 0 Å². The van der Waals surface area contributed by atoms with E-state index in [0.717, 1.165) is 16.6 Å². The molecule has 1 aromatic heterocycles. The minimum absolute atomic E-state index is 0.0185. The molecular formula is C9H11BrN2OS. The molecule has 76 valence electrons. The average molecular weight is 275 g/mol. The van der Waals surface area contributed by atoms with Crippen LogP contribution >= 0.6 is 27.7 Å². The van der Waals surface area contributed by atoms with Gasteiger partial charge in [0.25, 0.3) is 0 Å². The van der Waals surface area contributed by atoms with E-state index in [1.54, 1.807) is 0 Å². The van der Waals surface area contributed by atoms with Crippen molar-refractivity contribution in [1.29, 1.82) is 0 Å². The first-order chi connectivity index (χ1) is 6.74. The number of ether oxygens (including phenoxy) is 1. The molecule has 0 saturated carbocycles. The maximum absolute atomic E-state index is 5.86. The maximum Gasteiger partial charge on any atom is 0.139 e. The fourth-order valence-corrected chi connectivity index (χ4v) is 4.09. The number of hydrogen-bond acceptors (Lipinski definition) is 3. The molecule has 0 aliphatic carbocycles. The van der Waals surface area contributed by atoms with E-state index in [-0.39, 0.29) is 5.60 Å². The number of hydrogen-bond donors (Lipinski definition) is 0. The van der Waals surface area contributed by atoms with Gasteiger partial charge in [-0.2, -0.15) is 16.9 Å². The molecule has 2 aliphatic heterocycles. The van der Waals surface area contributed by atoms with E-state index in [4.69, 9.17) is 4.74 Å². The van der Waals surface area contributed by atoms with Crippen LogP contribution in [0.5, 0.6) is 0 Å². The lowest BCUT2D eigenvalue weighted by Crippen LogP contribution is -2.23. The molecule has 0 aromatic carbocycles. The Morgan fingerprint density at radius 1 is 1.79 bits per heavy atom. The van der Waals surface area contributed by atoms with E-state index in [1.165, 1.54) is 11.4 Å². The van der Waals surface area contributed by atoms with Crippen LogP contribution in [0.1, 0.15) is 12.1 Å². The van der Waals surface area contributed by atoms with Crippen molar-refractivity contribution in [3.63, 3.8) is 0 Å². The summed E-state index contributed by atoms with van der Waals surface area (Å²) in [5.41, 5.74) is 1.19. The highest BCUT2D eigenvalue weighted by molar-refractivity contribution is 9.10. The number of halogens is 1. The summed E-state index contributed by atoms with van der Waals surface area (Å²) in [4.78, 5) is 0. The van der Waals surface area contributed by atoms with Gasteiger partial charge in [-0.25, -0.2) is 0 Å². The SMILES string of the molecule is Cn1ncc(Br)c1[C@@]12CCSC[C@H]1O2. The van der Waals surface area contributed by atoms with Crippen LogP contribution in [0.25, 0.3) is 0 Å². The second kappa shape index (κ2) is 3.00. The zero-order valence-electron chi connectivity index (χ0n) is 7.86. The zero-order chi connectivity index (χ0) is 9.76. The van der Waals surface area contributed by atoms with Gasteiger partial charge in [0.1, 0.15) is 11.7 Å². The topological polar surface area (TPSA) is 30.4 Å². The third-order valence-corrected chi connectivity index (χ3v) is 4.61. The zero-order valence-corrected chi connectivity index (χ0v) is 10.3. The third kappa shape index (κ3) is 1.12. The third-order valence-electron chi connectivity index (χ3n) is 3.00. The maximum atomic E-state index is 5.86. The highest BCUT2D eigenvalue weighted by Crippen LogP contribution is 2.55. The van der Waals surface area contributed by atoms with E-state index in [1.807, 2.05) is 29.7 Å². The lowest BCUT2D eigenvalue weighted by atomic mass is 9.98. The summed E-state index contributed by atoms with van der Waals surface area (Å²) in [5, 5.41) is 4.25. The standard InChI is InChI=1S/C9H11BrN2OS/c1-12-8(6(10)4-11-12)9-2-3-14-5-7(9)13-9/h4,7H,2-3,5H2,1H3/t7-,9-/m1/s1. The van der Waals surface area contributed by atoms with Crippen LogP contribution < -0.4 is 0 Å². The second-order valence-corrected chi connectivity index (χ2v) is 5.79. The molecule has 3 rings (SSSR count). The molecular weight excluding hydrogens is 264 g/mol. The molecule has 3 nitrogen and oxygen atoms in total. The molecule has 2 saturated heterocycles. The highest BCUT2D eigenvalue weighted by Gasteiger charge is 2.61. The van der Waals surface area contributed by atoms with Crippen molar-refractivity contribution in [2.45, 2.75) is 18.1 Å². The van der Waals surface area contributed by atoms with Crippen molar-refractivity contribution < 1.29 is 4.74 Å². The van der Waals surface area contributed by atoms with Crippen LogP contribution in [0.3, 0.4) is 0 Å². The molecule has 2 fully saturated rings. The Bertz CT molecular complexity index is 361. The van der Waals surface area contributed by atoms with Gasteiger partial charge in [-0.3, -0.25) is 4.68 Å². The van der Waals surface area contributed by atoms with Crippen LogP contribution in [-0.4, -0.2) is 27.4 Å². The quantitative estimate of drug-likeness (QED) is 0.733. The van der Waals surface area contributed by atoms with Gasteiger partial charge in [0, 0.05) is 12.8 Å². The van der Waals surface area contributed by atoms with E-state index >= 15 is 0 Å². The van der Waals surface area contributed by atoms with Crippen molar-refractivity contribution >= 4 is 27.7 Å². The molecule has 2 atom stereocenters. The van der Waals surface area contributed by atoms with Crippen LogP contribution in [-0.2, 0) is 17.4 Å². The van der Waals surface area contributed by atoms with Crippen LogP contribution in [0.4, 0.5) is 0 Å². The number of rotatable bonds is 1. The van der Waals surface area contributed by atoms with Gasteiger partial charge in [-0.1, -0.05) is 0 Å². The smallest absolute Gasteiger partial charge is 0.139 e. The first kappa shape index (κ1) is 9.24. The Hall–Kier alpha value is -0.0000000000000000763. The van der Waals surface area contributed by atoms with Gasteiger partial charge in [0.15, 0.2) is 0 Å². The van der Waals surface area contributed by atoms with Crippen molar-refractivity contribution in [3.05, 3.63) is 16.4 Å². The molecule has 0 unspecified atom stereocenters. The minimum Gasteiger partial charge on any atom is -0.358 e.